The van der Waals surface area contributed by atoms with E-state index in [0.29, 0.717) is 0 Å². The van der Waals surface area contributed by atoms with Crippen molar-refractivity contribution >= 4 is 29.2 Å². The van der Waals surface area contributed by atoms with Crippen molar-refractivity contribution < 1.29 is 19.2 Å². The molecule has 0 radical (unpaired) electrons. The van der Waals surface area contributed by atoms with Crippen molar-refractivity contribution in [3.8, 4) is 0 Å². The van der Waals surface area contributed by atoms with Gasteiger partial charge in [0.15, 0.2) is 0 Å². The number of carbonyl (C=O) groups excluding carboxylic acids is 4. The summed E-state index contributed by atoms with van der Waals surface area (Å²) in [7, 11) is 0. The molecular formula is C19H13NO4. The molecule has 1 fully saturated rings. The smallest absolute Gasteiger partial charge is 0.216 e. The molecule has 0 unspecified atom stereocenters. The van der Waals surface area contributed by atoms with Crippen molar-refractivity contribution in [3.63, 3.8) is 0 Å². The SMILES string of the molecule is O=C1C(=O)C(c2ccccn2)C(=O)C(=O)C1C=Cc1ccccc1. The zero-order chi connectivity index (χ0) is 17.1. The number of allylic oxidation sites excluding steroid dienone is 1. The second-order valence-electron chi connectivity index (χ2n) is 5.39. The van der Waals surface area contributed by atoms with Crippen LogP contribution in [-0.4, -0.2) is 28.1 Å². The summed E-state index contributed by atoms with van der Waals surface area (Å²) in [5.74, 6) is -6.30. The van der Waals surface area contributed by atoms with Crippen LogP contribution < -0.4 is 0 Å². The minimum atomic E-state index is -1.42. The summed E-state index contributed by atoms with van der Waals surface area (Å²) in [6, 6.07) is 13.7. The Bertz CT molecular complexity index is 812. The van der Waals surface area contributed by atoms with Crippen molar-refractivity contribution in [2.24, 2.45) is 5.92 Å². The number of ketones is 4. The fourth-order valence-electron chi connectivity index (χ4n) is 2.59. The molecular weight excluding hydrogens is 306 g/mol. The molecule has 3 rings (SSSR count). The zero-order valence-electron chi connectivity index (χ0n) is 12.6. The van der Waals surface area contributed by atoms with E-state index >= 15 is 0 Å². The van der Waals surface area contributed by atoms with Gasteiger partial charge in [-0.15, -0.1) is 0 Å². The number of Topliss-reactive ketones (excluding diaryl/α,β-unsaturated/α-hetero) is 4. The van der Waals surface area contributed by atoms with E-state index in [2.05, 4.69) is 4.98 Å². The van der Waals surface area contributed by atoms with Crippen molar-refractivity contribution in [1.82, 2.24) is 4.98 Å². The third-order valence-corrected chi connectivity index (χ3v) is 3.84. The van der Waals surface area contributed by atoms with E-state index < -0.39 is 35.0 Å². The maximum Gasteiger partial charge on any atom is 0.216 e. The molecule has 0 spiro atoms. The molecule has 1 heterocycles. The third kappa shape index (κ3) is 2.84. The summed E-state index contributed by atoms with van der Waals surface area (Å²) in [4.78, 5) is 53.1. The highest BCUT2D eigenvalue weighted by atomic mass is 16.2. The van der Waals surface area contributed by atoms with Gasteiger partial charge in [0.05, 0.1) is 5.69 Å². The van der Waals surface area contributed by atoms with Crippen LogP contribution in [0.1, 0.15) is 17.2 Å². The number of nitrogens with zero attached hydrogens (tertiary/aromatic N) is 1. The summed E-state index contributed by atoms with van der Waals surface area (Å²) < 4.78 is 0. The summed E-state index contributed by atoms with van der Waals surface area (Å²) >= 11 is 0. The van der Waals surface area contributed by atoms with Gasteiger partial charge in [0.2, 0.25) is 23.1 Å². The average molecular weight is 319 g/mol. The van der Waals surface area contributed by atoms with Crippen LogP contribution >= 0.6 is 0 Å². The second kappa shape index (κ2) is 6.50. The van der Waals surface area contributed by atoms with E-state index in [-0.39, 0.29) is 5.69 Å². The van der Waals surface area contributed by atoms with Crippen molar-refractivity contribution in [3.05, 3.63) is 72.1 Å². The van der Waals surface area contributed by atoms with E-state index in [1.54, 1.807) is 42.5 Å². The molecule has 24 heavy (non-hydrogen) atoms. The summed E-state index contributed by atoms with van der Waals surface area (Å²) in [6.07, 6.45) is 4.28. The highest BCUT2D eigenvalue weighted by Gasteiger charge is 2.48. The quantitative estimate of drug-likeness (QED) is 0.636. The van der Waals surface area contributed by atoms with Crippen LogP contribution in [0, 0.1) is 5.92 Å². The van der Waals surface area contributed by atoms with Gasteiger partial charge in [-0.1, -0.05) is 48.6 Å². The Balaban J connectivity index is 1.90. The molecule has 1 aliphatic rings. The van der Waals surface area contributed by atoms with E-state index in [1.165, 1.54) is 18.3 Å². The van der Waals surface area contributed by atoms with E-state index in [0.717, 1.165) is 5.56 Å². The van der Waals surface area contributed by atoms with Crippen LogP contribution in [0.4, 0.5) is 0 Å². The Morgan fingerprint density at radius 3 is 1.96 bits per heavy atom. The number of carbonyl (C=O) groups is 4. The third-order valence-electron chi connectivity index (χ3n) is 3.84. The van der Waals surface area contributed by atoms with E-state index in [9.17, 15) is 19.2 Å². The first-order valence-electron chi connectivity index (χ1n) is 7.40. The molecule has 1 aromatic carbocycles. The van der Waals surface area contributed by atoms with Crippen molar-refractivity contribution in [2.75, 3.05) is 0 Å². The Kier molecular flexibility index (Phi) is 4.24. The molecule has 5 nitrogen and oxygen atoms in total. The predicted molar refractivity (Wildman–Crippen MR) is 86.0 cm³/mol. The number of hydrogen-bond donors (Lipinski definition) is 0. The topological polar surface area (TPSA) is 81.2 Å². The number of hydrogen-bond acceptors (Lipinski definition) is 5. The van der Waals surface area contributed by atoms with Crippen LogP contribution in [0.5, 0.6) is 0 Å². The number of aromatic nitrogens is 1. The second-order valence-corrected chi connectivity index (χ2v) is 5.39. The van der Waals surface area contributed by atoms with Gasteiger partial charge in [-0.3, -0.25) is 24.2 Å². The molecule has 0 N–H and O–H groups in total. The van der Waals surface area contributed by atoms with E-state index in [1.807, 2.05) is 6.07 Å². The predicted octanol–water partition coefficient (Wildman–Crippen LogP) is 1.78. The molecule has 5 heteroatoms. The summed E-state index contributed by atoms with van der Waals surface area (Å²) in [6.45, 7) is 0. The van der Waals surface area contributed by atoms with Gasteiger partial charge < -0.3 is 0 Å². The molecule has 0 saturated heterocycles. The van der Waals surface area contributed by atoms with Gasteiger partial charge in [-0.2, -0.15) is 0 Å². The Morgan fingerprint density at radius 1 is 0.750 bits per heavy atom. The van der Waals surface area contributed by atoms with Gasteiger partial charge in [0.1, 0.15) is 11.8 Å². The van der Waals surface area contributed by atoms with Gasteiger partial charge in [0, 0.05) is 6.20 Å². The lowest BCUT2D eigenvalue weighted by molar-refractivity contribution is -0.152. The highest BCUT2D eigenvalue weighted by molar-refractivity contribution is 6.62. The maximum atomic E-state index is 12.3. The molecule has 1 aromatic heterocycles. The number of benzene rings is 1. The van der Waals surface area contributed by atoms with Gasteiger partial charge in [-0.05, 0) is 17.7 Å². The average Bonchev–Trinajstić information content (AvgIpc) is 2.62. The monoisotopic (exact) mass is 319 g/mol. The van der Waals surface area contributed by atoms with Gasteiger partial charge >= 0.3 is 0 Å². The highest BCUT2D eigenvalue weighted by Crippen LogP contribution is 2.26. The number of pyridine rings is 1. The molecule has 0 aliphatic heterocycles. The molecule has 1 aliphatic carbocycles. The lowest BCUT2D eigenvalue weighted by atomic mass is 9.76. The normalized spacial score (nSPS) is 21.5. The molecule has 118 valence electrons. The molecule has 2 aromatic rings. The minimum absolute atomic E-state index is 0.125. The first-order chi connectivity index (χ1) is 11.6. The lowest BCUT2D eigenvalue weighted by Crippen LogP contribution is -2.46. The Labute approximate surface area is 138 Å². The largest absolute Gasteiger partial charge is 0.290 e. The Morgan fingerprint density at radius 2 is 1.38 bits per heavy atom. The van der Waals surface area contributed by atoms with Gasteiger partial charge in [0.25, 0.3) is 0 Å². The lowest BCUT2D eigenvalue weighted by Gasteiger charge is -2.21. The van der Waals surface area contributed by atoms with E-state index in [4.69, 9.17) is 0 Å². The van der Waals surface area contributed by atoms with Crippen LogP contribution in [0.2, 0.25) is 0 Å². The van der Waals surface area contributed by atoms with Crippen LogP contribution in [0.15, 0.2) is 60.8 Å². The first kappa shape index (κ1) is 15.7. The zero-order valence-corrected chi connectivity index (χ0v) is 12.6. The molecule has 0 atom stereocenters. The first-order valence-corrected chi connectivity index (χ1v) is 7.40. The minimum Gasteiger partial charge on any atom is -0.290 e. The van der Waals surface area contributed by atoms with Crippen molar-refractivity contribution in [2.45, 2.75) is 5.92 Å². The standard InChI is InChI=1S/C19H13NO4/c21-16-13(10-9-12-6-2-1-3-7-12)17(22)19(24)15(18(16)23)14-8-4-5-11-20-14/h1-11,13,15H. The maximum absolute atomic E-state index is 12.3. The summed E-state index contributed by atoms with van der Waals surface area (Å²) in [5.41, 5.74) is 0.893. The van der Waals surface area contributed by atoms with Gasteiger partial charge in [-0.25, -0.2) is 0 Å². The molecule has 0 bridgehead atoms. The number of rotatable bonds is 3. The van der Waals surface area contributed by atoms with Crippen LogP contribution in [0.3, 0.4) is 0 Å². The summed E-state index contributed by atoms with van der Waals surface area (Å²) in [5, 5.41) is 0. The van der Waals surface area contributed by atoms with Crippen molar-refractivity contribution in [1.29, 1.82) is 0 Å². The van der Waals surface area contributed by atoms with Crippen LogP contribution in [-0.2, 0) is 19.2 Å². The molecule has 0 amide bonds. The molecule has 1 saturated carbocycles. The fraction of sp³-hybridized carbons (Fsp3) is 0.105. The fourth-order valence-corrected chi connectivity index (χ4v) is 2.59. The Hall–Kier alpha value is -3.21. The van der Waals surface area contributed by atoms with Crippen LogP contribution in [0.25, 0.3) is 6.08 Å².